The average Bonchev–Trinajstić information content (AvgIpc) is 3.50. The molecule has 22 atom stereocenters. The van der Waals surface area contributed by atoms with E-state index >= 15 is 0 Å². The molecule has 3 heterocycles. The molecule has 3 aliphatic heterocycles. The van der Waals surface area contributed by atoms with E-state index in [1.54, 1.807) is 62.0 Å². The first-order chi connectivity index (χ1) is 31.0. The Balaban J connectivity index is 0.987. The van der Waals surface area contributed by atoms with E-state index in [4.69, 9.17) is 52.1 Å². The van der Waals surface area contributed by atoms with Crippen molar-refractivity contribution in [1.29, 1.82) is 0 Å². The molecule has 0 amide bonds. The summed E-state index contributed by atoms with van der Waals surface area (Å²) in [5.41, 5.74) is -6.94. The van der Waals surface area contributed by atoms with Crippen LogP contribution in [0.4, 0.5) is 0 Å². The summed E-state index contributed by atoms with van der Waals surface area (Å²) in [6.45, 7) is 15.8. The number of aliphatic hydroxyl groups excluding tert-OH is 1. The largest absolute Gasteiger partial charge is 0.462 e. The minimum atomic E-state index is -1.86. The second kappa shape index (κ2) is 19.7. The average molecular weight is 941 g/mol. The molecule has 7 fully saturated rings. The van der Waals surface area contributed by atoms with Crippen molar-refractivity contribution >= 4 is 11.9 Å². The van der Waals surface area contributed by atoms with E-state index in [9.17, 15) is 30.0 Å². The Labute approximate surface area is 390 Å². The highest BCUT2D eigenvalue weighted by Crippen LogP contribution is 2.72. The molecule has 0 spiro atoms. The first-order valence-electron chi connectivity index (χ1n) is 24.4. The van der Waals surface area contributed by atoms with Crippen molar-refractivity contribution in [1.82, 2.24) is 0 Å². The third-order valence-corrected chi connectivity index (χ3v) is 18.0. The van der Waals surface area contributed by atoms with E-state index < -0.39 is 119 Å². The van der Waals surface area contributed by atoms with Crippen molar-refractivity contribution in [3.05, 3.63) is 11.6 Å². The van der Waals surface area contributed by atoms with Crippen LogP contribution in [0.15, 0.2) is 11.6 Å². The third kappa shape index (κ3) is 8.84. The Morgan fingerprint density at radius 1 is 0.712 bits per heavy atom. The lowest BCUT2D eigenvalue weighted by atomic mass is 9.40. The van der Waals surface area contributed by atoms with Crippen molar-refractivity contribution in [2.75, 3.05) is 21.3 Å². The molecule has 7 rings (SSSR count). The number of fused-ring (bicyclic) bond motifs is 5. The summed E-state index contributed by atoms with van der Waals surface area (Å²) >= 11 is 0. The summed E-state index contributed by atoms with van der Waals surface area (Å²) in [5.74, 6) is -1.50. The molecular formula is C49H80O17. The van der Waals surface area contributed by atoms with Gasteiger partial charge in [-0.3, -0.25) is 4.79 Å². The molecule has 4 N–H and O–H groups in total. The summed E-state index contributed by atoms with van der Waals surface area (Å²) < 4.78 is 67.9. The lowest BCUT2D eigenvalue weighted by Crippen LogP contribution is -2.79. The number of carbonyl (C=O) groups excluding carboxylic acids is 2. The number of hydrogen-bond donors (Lipinski definition) is 4. The Hall–Kier alpha value is -1.84. The second-order valence-electron chi connectivity index (χ2n) is 21.1. The molecule has 22 unspecified atom stereocenters. The van der Waals surface area contributed by atoms with Gasteiger partial charge in [0.05, 0.1) is 53.7 Å². The minimum absolute atomic E-state index is 0.0367. The van der Waals surface area contributed by atoms with Gasteiger partial charge in [-0.15, -0.1) is 0 Å². The van der Waals surface area contributed by atoms with Gasteiger partial charge in [-0.05, 0) is 110 Å². The topological polar surface area (TPSA) is 217 Å². The van der Waals surface area contributed by atoms with Gasteiger partial charge in [-0.1, -0.05) is 19.9 Å². The number of aliphatic hydroxyl groups is 4. The maximum atomic E-state index is 13.0. The van der Waals surface area contributed by atoms with Crippen LogP contribution in [-0.2, 0) is 61.7 Å². The van der Waals surface area contributed by atoms with E-state index in [2.05, 4.69) is 6.92 Å². The maximum Gasteiger partial charge on any atom is 0.333 e. The smallest absolute Gasteiger partial charge is 0.333 e. The van der Waals surface area contributed by atoms with Crippen LogP contribution < -0.4 is 0 Å². The number of methoxy groups -OCH3 is 3. The van der Waals surface area contributed by atoms with Gasteiger partial charge >= 0.3 is 11.9 Å². The molecule has 17 nitrogen and oxygen atoms in total. The van der Waals surface area contributed by atoms with Crippen LogP contribution in [0.1, 0.15) is 133 Å². The van der Waals surface area contributed by atoms with Crippen LogP contribution in [0.5, 0.6) is 0 Å². The molecular weight excluding hydrogens is 861 g/mol. The fourth-order valence-electron chi connectivity index (χ4n) is 13.8. The Bertz CT molecular complexity index is 1750. The number of allylic oxidation sites excluding steroid dienone is 1. The Morgan fingerprint density at radius 2 is 1.26 bits per heavy atom. The summed E-state index contributed by atoms with van der Waals surface area (Å²) in [5, 5.41) is 49.1. The van der Waals surface area contributed by atoms with Gasteiger partial charge in [0, 0.05) is 53.1 Å². The van der Waals surface area contributed by atoms with Gasteiger partial charge in [0.2, 0.25) is 0 Å². The van der Waals surface area contributed by atoms with Gasteiger partial charge in [-0.25, -0.2) is 4.79 Å². The van der Waals surface area contributed by atoms with Crippen LogP contribution in [0.2, 0.25) is 0 Å². The second-order valence-corrected chi connectivity index (χ2v) is 21.1. The van der Waals surface area contributed by atoms with Crippen LogP contribution in [-0.4, -0.2) is 163 Å². The standard InChI is InChI=1S/C49H80O17/c1-13-25(2)44(52)62-29(6)47(53)18-19-49(55)46(47,9)37(63-30(7)50)24-36-45(8)16-15-32(20-31(45)14-17-48(36,49)54)64-38-22-34(57-11)42(27(4)60-38)66-40-23-35(58-12)43(28(5)61-40)65-39-21-33(56-10)41(51)26(3)59-39/h13,26-29,31-43,51,53-55H,14-24H2,1-12H3. The lowest BCUT2D eigenvalue weighted by Gasteiger charge is -2.69. The highest BCUT2D eigenvalue weighted by Gasteiger charge is 2.82. The number of esters is 2. The summed E-state index contributed by atoms with van der Waals surface area (Å²) in [6.07, 6.45) is -1.99. The highest BCUT2D eigenvalue weighted by molar-refractivity contribution is 5.87. The van der Waals surface area contributed by atoms with Crippen LogP contribution in [0.3, 0.4) is 0 Å². The fourth-order valence-corrected chi connectivity index (χ4v) is 13.8. The molecule has 0 aromatic rings. The van der Waals surface area contributed by atoms with E-state index in [1.807, 2.05) is 13.8 Å². The molecule has 0 bridgehead atoms. The summed E-state index contributed by atoms with van der Waals surface area (Å²) in [4.78, 5) is 25.7. The molecule has 17 heteroatoms. The van der Waals surface area contributed by atoms with Crippen molar-refractivity contribution in [3.63, 3.8) is 0 Å². The van der Waals surface area contributed by atoms with Crippen molar-refractivity contribution < 1.29 is 82.1 Å². The van der Waals surface area contributed by atoms with Crippen LogP contribution >= 0.6 is 0 Å². The van der Waals surface area contributed by atoms with Gasteiger partial charge in [0.1, 0.15) is 41.7 Å². The summed E-state index contributed by atoms with van der Waals surface area (Å²) in [6, 6.07) is 0. The van der Waals surface area contributed by atoms with Gasteiger partial charge < -0.3 is 72.5 Å². The molecule has 0 aromatic carbocycles. The van der Waals surface area contributed by atoms with Crippen LogP contribution in [0.25, 0.3) is 0 Å². The molecule has 4 saturated carbocycles. The van der Waals surface area contributed by atoms with Crippen molar-refractivity contribution in [2.45, 2.75) is 242 Å². The van der Waals surface area contributed by atoms with Crippen molar-refractivity contribution in [3.8, 4) is 0 Å². The molecule has 7 aliphatic rings. The highest BCUT2D eigenvalue weighted by atomic mass is 16.7. The monoisotopic (exact) mass is 941 g/mol. The minimum Gasteiger partial charge on any atom is -0.462 e. The van der Waals surface area contributed by atoms with Crippen molar-refractivity contribution in [2.24, 2.45) is 22.7 Å². The molecule has 66 heavy (non-hydrogen) atoms. The molecule has 4 aliphatic carbocycles. The number of ether oxygens (including phenoxy) is 11. The van der Waals surface area contributed by atoms with E-state index in [1.165, 1.54) is 6.92 Å². The fraction of sp³-hybridized carbons (Fsp3) is 0.918. The zero-order valence-corrected chi connectivity index (χ0v) is 41.3. The quantitative estimate of drug-likeness (QED) is 0.114. The lowest BCUT2D eigenvalue weighted by molar-refractivity contribution is -0.346. The molecule has 0 radical (unpaired) electrons. The maximum absolute atomic E-state index is 13.0. The molecule has 378 valence electrons. The third-order valence-electron chi connectivity index (χ3n) is 18.0. The van der Waals surface area contributed by atoms with Gasteiger partial charge in [-0.2, -0.15) is 0 Å². The summed E-state index contributed by atoms with van der Waals surface area (Å²) in [7, 11) is 4.85. The Kier molecular flexibility index (Phi) is 15.6. The Morgan fingerprint density at radius 3 is 1.80 bits per heavy atom. The zero-order chi connectivity index (χ0) is 48.3. The van der Waals surface area contributed by atoms with Gasteiger partial charge in [0.25, 0.3) is 0 Å². The van der Waals surface area contributed by atoms with E-state index in [0.717, 1.165) is 0 Å². The predicted molar refractivity (Wildman–Crippen MR) is 235 cm³/mol. The first kappa shape index (κ1) is 52.0. The number of hydrogen-bond acceptors (Lipinski definition) is 17. The molecule has 0 aromatic heterocycles. The first-order valence-corrected chi connectivity index (χ1v) is 24.4. The van der Waals surface area contributed by atoms with E-state index in [0.29, 0.717) is 50.5 Å². The van der Waals surface area contributed by atoms with E-state index in [-0.39, 0.29) is 49.9 Å². The zero-order valence-electron chi connectivity index (χ0n) is 41.3. The molecule has 3 saturated heterocycles. The van der Waals surface area contributed by atoms with Crippen LogP contribution in [0, 0.1) is 22.7 Å². The normalized spacial score (nSPS) is 50.1. The predicted octanol–water partition coefficient (Wildman–Crippen LogP) is 4.40. The number of rotatable bonds is 13. The number of carbonyl (C=O) groups is 2. The van der Waals surface area contributed by atoms with Gasteiger partial charge in [0.15, 0.2) is 18.9 Å². The SMILES string of the molecule is CC=C(C)C(=O)OC(C)C1(O)CCC2(O)C3(O)CCC4CC(OC5CC(OC)C(OC6CC(OC)C(OC7CC(OC)C(O)C(C)O7)C(C)O6)C(C)O5)CCC4(C)C3CC(OC(C)=O)C12C.